The Bertz CT molecular complexity index is 881. The van der Waals surface area contributed by atoms with Gasteiger partial charge in [-0.05, 0) is 62.9 Å². The number of rotatable bonds is 6. The number of carbonyl (C=O) groups excluding carboxylic acids is 2. The minimum Gasteiger partial charge on any atom is -0.462 e. The van der Waals surface area contributed by atoms with Crippen LogP contribution in [-0.4, -0.2) is 31.1 Å². The molecule has 1 aliphatic rings. The number of thiophene rings is 1. The molecule has 28 heavy (non-hydrogen) atoms. The first-order valence-corrected chi connectivity index (χ1v) is 10.4. The highest BCUT2D eigenvalue weighted by molar-refractivity contribution is 7.16. The van der Waals surface area contributed by atoms with Crippen LogP contribution >= 0.6 is 11.3 Å². The van der Waals surface area contributed by atoms with E-state index in [1.54, 1.807) is 19.1 Å². The van der Waals surface area contributed by atoms with Crippen LogP contribution in [0.4, 0.5) is 15.1 Å². The summed E-state index contributed by atoms with van der Waals surface area (Å²) in [7, 11) is 0. The molecule has 0 bridgehead atoms. The number of anilines is 2. The van der Waals surface area contributed by atoms with Gasteiger partial charge in [-0.3, -0.25) is 4.79 Å². The molecule has 1 aromatic carbocycles. The zero-order chi connectivity index (χ0) is 20.3. The summed E-state index contributed by atoms with van der Waals surface area (Å²) in [6, 6.07) is 6.64. The van der Waals surface area contributed by atoms with Gasteiger partial charge in [0, 0.05) is 16.6 Å². The fourth-order valence-electron chi connectivity index (χ4n) is 3.42. The standard InChI is InChI=1S/C21H25FN2O3S/c1-4-16-11-17(21(26)27-5-2)20(28-16)23-19(25)12-24-13(3)6-7-14-10-15(22)8-9-18(14)24/h8-11,13H,4-7,12H2,1-3H3,(H,23,25). The quantitative estimate of drug-likeness (QED) is 0.725. The second-order valence-corrected chi connectivity index (χ2v) is 8.00. The van der Waals surface area contributed by atoms with Gasteiger partial charge in [-0.1, -0.05) is 6.92 Å². The van der Waals surface area contributed by atoms with Crippen LogP contribution in [0, 0.1) is 5.82 Å². The Labute approximate surface area is 168 Å². The number of aryl methyl sites for hydroxylation is 2. The average Bonchev–Trinajstić information content (AvgIpc) is 3.07. The second-order valence-electron chi connectivity index (χ2n) is 6.87. The molecule has 0 aliphatic carbocycles. The summed E-state index contributed by atoms with van der Waals surface area (Å²) >= 11 is 1.39. The summed E-state index contributed by atoms with van der Waals surface area (Å²) in [5, 5.41) is 3.40. The SMILES string of the molecule is CCOC(=O)c1cc(CC)sc1NC(=O)CN1c2ccc(F)cc2CCC1C. The van der Waals surface area contributed by atoms with Gasteiger partial charge in [-0.15, -0.1) is 11.3 Å². The van der Waals surface area contributed by atoms with Gasteiger partial charge < -0.3 is 15.0 Å². The Morgan fingerprint density at radius 2 is 2.11 bits per heavy atom. The normalized spacial score (nSPS) is 15.9. The summed E-state index contributed by atoms with van der Waals surface area (Å²) in [6.07, 6.45) is 2.43. The summed E-state index contributed by atoms with van der Waals surface area (Å²) in [4.78, 5) is 28.0. The van der Waals surface area contributed by atoms with Crippen LogP contribution < -0.4 is 10.2 Å². The maximum Gasteiger partial charge on any atom is 0.341 e. The van der Waals surface area contributed by atoms with E-state index in [-0.39, 0.29) is 30.9 Å². The maximum atomic E-state index is 13.5. The van der Waals surface area contributed by atoms with Gasteiger partial charge in [0.1, 0.15) is 10.8 Å². The van der Waals surface area contributed by atoms with E-state index < -0.39 is 5.97 Å². The van der Waals surface area contributed by atoms with Gasteiger partial charge in [-0.2, -0.15) is 0 Å². The highest BCUT2D eigenvalue weighted by Crippen LogP contribution is 2.32. The lowest BCUT2D eigenvalue weighted by molar-refractivity contribution is -0.115. The van der Waals surface area contributed by atoms with Crippen molar-refractivity contribution in [2.75, 3.05) is 23.4 Å². The predicted octanol–water partition coefficient (Wildman–Crippen LogP) is 4.41. The maximum absolute atomic E-state index is 13.5. The lowest BCUT2D eigenvalue weighted by Gasteiger charge is -2.36. The summed E-state index contributed by atoms with van der Waals surface area (Å²) in [6.45, 7) is 6.23. The van der Waals surface area contributed by atoms with E-state index in [1.165, 1.54) is 23.5 Å². The van der Waals surface area contributed by atoms with Gasteiger partial charge >= 0.3 is 5.97 Å². The molecule has 150 valence electrons. The molecular formula is C21H25FN2O3S. The summed E-state index contributed by atoms with van der Waals surface area (Å²) in [5.41, 5.74) is 2.20. The molecule has 0 spiro atoms. The fraction of sp³-hybridized carbons (Fsp3) is 0.429. The molecule has 2 aromatic rings. The lowest BCUT2D eigenvalue weighted by atomic mass is 9.96. The highest BCUT2D eigenvalue weighted by Gasteiger charge is 2.26. The summed E-state index contributed by atoms with van der Waals surface area (Å²) in [5.74, 6) is -0.901. The van der Waals surface area contributed by atoms with Crippen LogP contribution in [0.25, 0.3) is 0 Å². The van der Waals surface area contributed by atoms with Crippen molar-refractivity contribution in [2.45, 2.75) is 46.1 Å². The number of fused-ring (bicyclic) bond motifs is 1. The number of esters is 1. The highest BCUT2D eigenvalue weighted by atomic mass is 32.1. The van der Waals surface area contributed by atoms with Crippen molar-refractivity contribution < 1.29 is 18.7 Å². The van der Waals surface area contributed by atoms with Gasteiger partial charge in [0.2, 0.25) is 5.91 Å². The third-order valence-electron chi connectivity index (χ3n) is 4.91. The molecule has 0 fully saturated rings. The molecule has 1 amide bonds. The number of halogens is 1. The smallest absolute Gasteiger partial charge is 0.341 e. The minimum atomic E-state index is -0.430. The van der Waals surface area contributed by atoms with Crippen molar-refractivity contribution in [2.24, 2.45) is 0 Å². The minimum absolute atomic E-state index is 0.140. The van der Waals surface area contributed by atoms with Gasteiger partial charge in [0.15, 0.2) is 0 Å². The topological polar surface area (TPSA) is 58.6 Å². The van der Waals surface area contributed by atoms with Crippen LogP contribution in [0.15, 0.2) is 24.3 Å². The van der Waals surface area contributed by atoms with E-state index in [0.717, 1.165) is 35.4 Å². The van der Waals surface area contributed by atoms with Crippen molar-refractivity contribution in [3.05, 3.63) is 46.1 Å². The van der Waals surface area contributed by atoms with Gasteiger partial charge in [0.25, 0.3) is 0 Å². The lowest BCUT2D eigenvalue weighted by Crippen LogP contribution is -2.42. The van der Waals surface area contributed by atoms with Crippen molar-refractivity contribution >= 4 is 33.9 Å². The van der Waals surface area contributed by atoms with Crippen LogP contribution in [-0.2, 0) is 22.4 Å². The number of hydrogen-bond acceptors (Lipinski definition) is 5. The molecule has 5 nitrogen and oxygen atoms in total. The number of nitrogens with zero attached hydrogens (tertiary/aromatic N) is 1. The average molecular weight is 405 g/mol. The molecule has 1 aliphatic heterocycles. The van der Waals surface area contributed by atoms with Crippen molar-refractivity contribution in [3.8, 4) is 0 Å². The molecule has 0 radical (unpaired) electrons. The van der Waals surface area contributed by atoms with E-state index >= 15 is 0 Å². The van der Waals surface area contributed by atoms with E-state index in [4.69, 9.17) is 4.74 Å². The van der Waals surface area contributed by atoms with Crippen LogP contribution in [0.3, 0.4) is 0 Å². The van der Waals surface area contributed by atoms with Gasteiger partial charge in [-0.25, -0.2) is 9.18 Å². The number of nitrogens with one attached hydrogen (secondary N) is 1. The number of benzene rings is 1. The van der Waals surface area contributed by atoms with Crippen LogP contribution in [0.5, 0.6) is 0 Å². The van der Waals surface area contributed by atoms with E-state index in [0.29, 0.717) is 10.6 Å². The van der Waals surface area contributed by atoms with Crippen molar-refractivity contribution in [1.29, 1.82) is 0 Å². The number of ether oxygens (including phenoxy) is 1. The Hall–Kier alpha value is -2.41. The molecule has 1 N–H and O–H groups in total. The zero-order valence-electron chi connectivity index (χ0n) is 16.4. The van der Waals surface area contributed by atoms with E-state index in [1.807, 2.05) is 11.8 Å². The molecule has 1 atom stereocenters. The van der Waals surface area contributed by atoms with E-state index in [2.05, 4.69) is 12.2 Å². The Balaban J connectivity index is 1.78. The third-order valence-corrected chi connectivity index (χ3v) is 6.10. The summed E-state index contributed by atoms with van der Waals surface area (Å²) < 4.78 is 18.7. The third kappa shape index (κ3) is 4.35. The first kappa shape index (κ1) is 20.3. The van der Waals surface area contributed by atoms with Crippen LogP contribution in [0.2, 0.25) is 0 Å². The molecule has 0 saturated heterocycles. The molecule has 2 heterocycles. The fourth-order valence-corrected chi connectivity index (χ4v) is 4.42. The van der Waals surface area contributed by atoms with Gasteiger partial charge in [0.05, 0.1) is 18.7 Å². The van der Waals surface area contributed by atoms with E-state index in [9.17, 15) is 14.0 Å². The number of hydrogen-bond donors (Lipinski definition) is 1. The largest absolute Gasteiger partial charge is 0.462 e. The number of amides is 1. The molecule has 3 rings (SSSR count). The first-order chi connectivity index (χ1) is 13.4. The molecule has 7 heteroatoms. The predicted molar refractivity (Wildman–Crippen MR) is 110 cm³/mol. The molecule has 1 aromatic heterocycles. The monoisotopic (exact) mass is 404 g/mol. The Morgan fingerprint density at radius 1 is 1.32 bits per heavy atom. The first-order valence-electron chi connectivity index (χ1n) is 9.57. The molecule has 1 unspecified atom stereocenters. The number of carbonyl (C=O) groups is 2. The zero-order valence-corrected chi connectivity index (χ0v) is 17.2. The van der Waals surface area contributed by atoms with Crippen molar-refractivity contribution in [1.82, 2.24) is 0 Å². The van der Waals surface area contributed by atoms with Crippen molar-refractivity contribution in [3.63, 3.8) is 0 Å². The Kier molecular flexibility index (Phi) is 6.34. The second kappa shape index (κ2) is 8.73. The molecular weight excluding hydrogens is 379 g/mol. The molecule has 0 saturated carbocycles. The Morgan fingerprint density at radius 3 is 2.82 bits per heavy atom. The van der Waals surface area contributed by atoms with Crippen LogP contribution in [0.1, 0.15) is 48.0 Å².